The first-order valence-electron chi connectivity index (χ1n) is 6.84. The standard InChI is InChI=1S/C15H20ClFN2O2/c1-4-15(5-2,19-6-7-20-3)21-14-9-12(16)13(17)8-11(14)10-18/h8-9,19H,4-7H2,1-3H3. The average Bonchev–Trinajstić information content (AvgIpc) is 2.49. The van der Waals surface area contributed by atoms with Crippen LogP contribution in [0, 0.1) is 17.1 Å². The van der Waals surface area contributed by atoms with Gasteiger partial charge in [-0.05, 0) is 18.9 Å². The fourth-order valence-corrected chi connectivity index (χ4v) is 2.13. The van der Waals surface area contributed by atoms with Crippen molar-refractivity contribution in [2.24, 2.45) is 0 Å². The predicted molar refractivity (Wildman–Crippen MR) is 79.9 cm³/mol. The van der Waals surface area contributed by atoms with Gasteiger partial charge in [0.05, 0.1) is 17.2 Å². The Morgan fingerprint density at radius 1 is 1.38 bits per heavy atom. The van der Waals surface area contributed by atoms with Crippen molar-refractivity contribution in [3.8, 4) is 11.8 Å². The van der Waals surface area contributed by atoms with Crippen LogP contribution in [-0.2, 0) is 4.74 Å². The van der Waals surface area contributed by atoms with E-state index in [1.54, 1.807) is 7.11 Å². The van der Waals surface area contributed by atoms with Crippen LogP contribution >= 0.6 is 11.6 Å². The normalized spacial score (nSPS) is 11.2. The molecule has 1 aromatic rings. The van der Waals surface area contributed by atoms with Crippen molar-refractivity contribution in [1.82, 2.24) is 5.32 Å². The van der Waals surface area contributed by atoms with Gasteiger partial charge >= 0.3 is 0 Å². The van der Waals surface area contributed by atoms with Crippen LogP contribution in [0.4, 0.5) is 4.39 Å². The van der Waals surface area contributed by atoms with E-state index >= 15 is 0 Å². The number of hydrogen-bond acceptors (Lipinski definition) is 4. The highest BCUT2D eigenvalue weighted by Crippen LogP contribution is 2.30. The van der Waals surface area contributed by atoms with E-state index in [-0.39, 0.29) is 16.3 Å². The van der Waals surface area contributed by atoms with Crippen LogP contribution in [0.3, 0.4) is 0 Å². The van der Waals surface area contributed by atoms with Gasteiger partial charge in [-0.2, -0.15) is 5.26 Å². The van der Waals surface area contributed by atoms with Gasteiger partial charge in [0, 0.05) is 19.7 Å². The summed E-state index contributed by atoms with van der Waals surface area (Å²) in [5.41, 5.74) is -0.526. The topological polar surface area (TPSA) is 54.3 Å². The zero-order valence-corrected chi connectivity index (χ0v) is 13.3. The molecule has 0 heterocycles. The Morgan fingerprint density at radius 3 is 2.57 bits per heavy atom. The summed E-state index contributed by atoms with van der Waals surface area (Å²) < 4.78 is 24.4. The second-order valence-corrected chi connectivity index (χ2v) is 5.00. The minimum Gasteiger partial charge on any atom is -0.471 e. The number of halogens is 2. The van der Waals surface area contributed by atoms with E-state index in [0.29, 0.717) is 26.0 Å². The number of hydrogen-bond donors (Lipinski definition) is 1. The Hall–Kier alpha value is -1.35. The van der Waals surface area contributed by atoms with Crippen molar-refractivity contribution in [2.75, 3.05) is 20.3 Å². The number of nitrogens with one attached hydrogen (secondary N) is 1. The second kappa shape index (κ2) is 8.18. The molecule has 1 aromatic carbocycles. The number of benzene rings is 1. The van der Waals surface area contributed by atoms with E-state index in [1.807, 2.05) is 19.9 Å². The van der Waals surface area contributed by atoms with E-state index in [2.05, 4.69) is 5.32 Å². The lowest BCUT2D eigenvalue weighted by Gasteiger charge is -2.34. The molecule has 0 radical (unpaired) electrons. The Bertz CT molecular complexity index is 513. The van der Waals surface area contributed by atoms with Gasteiger partial charge in [0.2, 0.25) is 0 Å². The van der Waals surface area contributed by atoms with Crippen molar-refractivity contribution in [3.63, 3.8) is 0 Å². The molecule has 0 bridgehead atoms. The summed E-state index contributed by atoms with van der Waals surface area (Å²) in [5.74, 6) is -0.357. The van der Waals surface area contributed by atoms with Crippen LogP contribution in [0.1, 0.15) is 32.3 Å². The summed E-state index contributed by atoms with van der Waals surface area (Å²) in [6.07, 6.45) is 1.35. The molecule has 0 atom stereocenters. The molecule has 0 unspecified atom stereocenters. The van der Waals surface area contributed by atoms with E-state index < -0.39 is 11.5 Å². The molecule has 1 rings (SSSR count). The Balaban J connectivity index is 3.03. The van der Waals surface area contributed by atoms with Crippen LogP contribution in [0.15, 0.2) is 12.1 Å². The summed E-state index contributed by atoms with van der Waals surface area (Å²) in [6.45, 7) is 5.09. The zero-order chi connectivity index (χ0) is 15.9. The third-order valence-corrected chi connectivity index (χ3v) is 3.63. The van der Waals surface area contributed by atoms with Crippen LogP contribution in [-0.4, -0.2) is 26.0 Å². The first-order chi connectivity index (χ1) is 10.0. The quantitative estimate of drug-likeness (QED) is 0.589. The first-order valence-corrected chi connectivity index (χ1v) is 7.21. The maximum Gasteiger partial charge on any atom is 0.160 e. The smallest absolute Gasteiger partial charge is 0.160 e. The number of rotatable bonds is 8. The summed E-state index contributed by atoms with van der Waals surface area (Å²) >= 11 is 5.78. The molecule has 0 aromatic heterocycles. The minimum atomic E-state index is -0.648. The highest BCUT2D eigenvalue weighted by molar-refractivity contribution is 6.30. The molecule has 6 heteroatoms. The Morgan fingerprint density at radius 2 is 2.05 bits per heavy atom. The van der Waals surface area contributed by atoms with Crippen LogP contribution in [0.5, 0.6) is 5.75 Å². The van der Waals surface area contributed by atoms with Gasteiger partial charge in [-0.1, -0.05) is 25.4 Å². The van der Waals surface area contributed by atoms with Crippen LogP contribution in [0.25, 0.3) is 0 Å². The van der Waals surface area contributed by atoms with Crippen molar-refractivity contribution in [2.45, 2.75) is 32.4 Å². The molecule has 1 N–H and O–H groups in total. The van der Waals surface area contributed by atoms with Crippen molar-refractivity contribution in [3.05, 3.63) is 28.5 Å². The molecule has 0 spiro atoms. The number of methoxy groups -OCH3 is 1. The summed E-state index contributed by atoms with van der Waals surface area (Å²) in [5, 5.41) is 12.3. The molecular weight excluding hydrogens is 295 g/mol. The molecular formula is C15H20ClFN2O2. The molecule has 0 aliphatic rings. The minimum absolute atomic E-state index is 0.0676. The van der Waals surface area contributed by atoms with Gasteiger partial charge in [0.15, 0.2) is 5.72 Å². The molecule has 0 amide bonds. The molecule has 0 fully saturated rings. The maximum atomic E-state index is 13.4. The maximum absolute atomic E-state index is 13.4. The van der Waals surface area contributed by atoms with Crippen molar-refractivity contribution in [1.29, 1.82) is 5.26 Å². The van der Waals surface area contributed by atoms with Gasteiger partial charge in [0.25, 0.3) is 0 Å². The fourth-order valence-electron chi connectivity index (χ4n) is 1.97. The zero-order valence-electron chi connectivity index (χ0n) is 12.5. The summed E-state index contributed by atoms with van der Waals surface area (Å²) in [4.78, 5) is 0. The lowest BCUT2D eigenvalue weighted by molar-refractivity contribution is 0.0180. The predicted octanol–water partition coefficient (Wildman–Crippen LogP) is 3.48. The van der Waals surface area contributed by atoms with Crippen molar-refractivity contribution < 1.29 is 13.9 Å². The fraction of sp³-hybridized carbons (Fsp3) is 0.533. The van der Waals surface area contributed by atoms with Crippen molar-refractivity contribution >= 4 is 11.6 Å². The molecule has 0 saturated carbocycles. The van der Waals surface area contributed by atoms with Gasteiger partial charge < -0.3 is 9.47 Å². The number of ether oxygens (including phenoxy) is 2. The van der Waals surface area contributed by atoms with E-state index in [4.69, 9.17) is 26.3 Å². The largest absolute Gasteiger partial charge is 0.471 e. The third-order valence-electron chi connectivity index (χ3n) is 3.34. The number of nitriles is 1. The van der Waals surface area contributed by atoms with Gasteiger partial charge in [0.1, 0.15) is 17.6 Å². The highest BCUT2D eigenvalue weighted by atomic mass is 35.5. The molecule has 0 aliphatic carbocycles. The van der Waals surface area contributed by atoms with E-state index in [9.17, 15) is 4.39 Å². The van der Waals surface area contributed by atoms with E-state index in [0.717, 1.165) is 6.07 Å². The monoisotopic (exact) mass is 314 g/mol. The van der Waals surface area contributed by atoms with Gasteiger partial charge in [-0.15, -0.1) is 0 Å². The third kappa shape index (κ3) is 4.57. The molecule has 0 aliphatic heterocycles. The lowest BCUT2D eigenvalue weighted by atomic mass is 10.1. The second-order valence-electron chi connectivity index (χ2n) is 4.60. The first kappa shape index (κ1) is 17.7. The molecule has 116 valence electrons. The summed E-state index contributed by atoms with van der Waals surface area (Å²) in [6, 6.07) is 4.35. The molecule has 0 saturated heterocycles. The molecule has 4 nitrogen and oxygen atoms in total. The number of nitrogens with zero attached hydrogens (tertiary/aromatic N) is 1. The van der Waals surface area contributed by atoms with Gasteiger partial charge in [-0.3, -0.25) is 5.32 Å². The van der Waals surface area contributed by atoms with Crippen LogP contribution < -0.4 is 10.1 Å². The average molecular weight is 315 g/mol. The Labute approximate surface area is 129 Å². The summed E-state index contributed by atoms with van der Waals surface area (Å²) in [7, 11) is 1.62. The highest BCUT2D eigenvalue weighted by Gasteiger charge is 2.29. The van der Waals surface area contributed by atoms with E-state index in [1.165, 1.54) is 6.07 Å². The van der Waals surface area contributed by atoms with Crippen LogP contribution in [0.2, 0.25) is 5.02 Å². The SMILES string of the molecule is CCC(CC)(NCCOC)Oc1cc(Cl)c(F)cc1C#N. The lowest BCUT2D eigenvalue weighted by Crippen LogP contribution is -2.50. The Kier molecular flexibility index (Phi) is 6.90. The van der Waals surface area contributed by atoms with Gasteiger partial charge in [-0.25, -0.2) is 4.39 Å². The molecule has 21 heavy (non-hydrogen) atoms.